The van der Waals surface area contributed by atoms with E-state index in [4.69, 9.17) is 17.3 Å². The highest BCUT2D eigenvalue weighted by Gasteiger charge is 2.25. The van der Waals surface area contributed by atoms with Gasteiger partial charge in [0.1, 0.15) is 5.82 Å². The van der Waals surface area contributed by atoms with Gasteiger partial charge in [-0.3, -0.25) is 0 Å². The van der Waals surface area contributed by atoms with Crippen LogP contribution in [0.2, 0.25) is 5.02 Å². The molecule has 0 saturated carbocycles. The molecule has 104 valence electrons. The molecule has 1 unspecified atom stereocenters. The maximum Gasteiger partial charge on any atom is 0.224 e. The first-order valence-electron chi connectivity index (χ1n) is 6.76. The monoisotopic (exact) mass is 288 g/mol. The molecule has 1 aliphatic carbocycles. The summed E-state index contributed by atoms with van der Waals surface area (Å²) in [5, 5.41) is 3.77. The highest BCUT2D eigenvalue weighted by molar-refractivity contribution is 6.31. The maximum absolute atomic E-state index is 6.30. The second-order valence-corrected chi connectivity index (χ2v) is 5.48. The number of hydrogen-bond donors (Lipinski definition) is 2. The number of nitrogens with zero attached hydrogens (tertiary/aromatic N) is 2. The number of halogens is 1. The van der Waals surface area contributed by atoms with Gasteiger partial charge in [0.2, 0.25) is 5.95 Å². The third-order valence-corrected chi connectivity index (χ3v) is 4.22. The van der Waals surface area contributed by atoms with Gasteiger partial charge in [0.05, 0.1) is 5.69 Å². The van der Waals surface area contributed by atoms with Crippen molar-refractivity contribution in [1.82, 2.24) is 9.97 Å². The fourth-order valence-corrected chi connectivity index (χ4v) is 3.11. The molecule has 1 aliphatic rings. The summed E-state index contributed by atoms with van der Waals surface area (Å²) in [6.45, 7) is 0. The lowest BCUT2D eigenvalue weighted by molar-refractivity contribution is 0.574. The fraction of sp³-hybridized carbons (Fsp3) is 0.333. The summed E-state index contributed by atoms with van der Waals surface area (Å²) in [7, 11) is 1.80. The summed E-state index contributed by atoms with van der Waals surface area (Å²) in [5.41, 5.74) is 9.39. The Morgan fingerprint density at radius 1 is 1.30 bits per heavy atom. The van der Waals surface area contributed by atoms with Crippen LogP contribution in [0.25, 0.3) is 0 Å². The zero-order valence-electron chi connectivity index (χ0n) is 11.4. The Kier molecular flexibility index (Phi) is 3.49. The van der Waals surface area contributed by atoms with Crippen molar-refractivity contribution in [3.05, 3.63) is 46.1 Å². The standard InChI is InChI=1S/C15H17ClN4/c1-18-15-19-13-7-6-9(8-11(13)14(17)20-15)10-4-2-3-5-12(10)16/h2-5,9H,6-8H2,1H3,(H3,17,18,19,20). The van der Waals surface area contributed by atoms with Crippen LogP contribution in [0.3, 0.4) is 0 Å². The van der Waals surface area contributed by atoms with Crippen LogP contribution in [-0.2, 0) is 12.8 Å². The van der Waals surface area contributed by atoms with E-state index in [0.29, 0.717) is 17.7 Å². The Morgan fingerprint density at radius 2 is 2.10 bits per heavy atom. The molecule has 0 amide bonds. The quantitative estimate of drug-likeness (QED) is 0.891. The van der Waals surface area contributed by atoms with Crippen LogP contribution in [-0.4, -0.2) is 17.0 Å². The molecule has 0 bridgehead atoms. The zero-order chi connectivity index (χ0) is 14.1. The molecular formula is C15H17ClN4. The normalized spacial score (nSPS) is 17.6. The highest BCUT2D eigenvalue weighted by Crippen LogP contribution is 2.37. The van der Waals surface area contributed by atoms with Crippen LogP contribution in [0, 0.1) is 0 Å². The summed E-state index contributed by atoms with van der Waals surface area (Å²) in [4.78, 5) is 8.79. The van der Waals surface area contributed by atoms with Crippen LogP contribution >= 0.6 is 11.6 Å². The summed E-state index contributed by atoms with van der Waals surface area (Å²) in [6.07, 6.45) is 2.80. The highest BCUT2D eigenvalue weighted by atomic mass is 35.5. The number of fused-ring (bicyclic) bond motifs is 1. The fourth-order valence-electron chi connectivity index (χ4n) is 2.82. The largest absolute Gasteiger partial charge is 0.383 e. The predicted molar refractivity (Wildman–Crippen MR) is 82.2 cm³/mol. The third kappa shape index (κ3) is 2.31. The molecular weight excluding hydrogens is 272 g/mol. The summed E-state index contributed by atoms with van der Waals surface area (Å²) < 4.78 is 0. The molecule has 1 aromatic carbocycles. The molecule has 5 heteroatoms. The van der Waals surface area contributed by atoms with Crippen molar-refractivity contribution in [3.63, 3.8) is 0 Å². The van der Waals surface area contributed by atoms with Gasteiger partial charge < -0.3 is 11.1 Å². The molecule has 3 rings (SSSR count). The Labute approximate surface area is 123 Å². The van der Waals surface area contributed by atoms with Crippen molar-refractivity contribution >= 4 is 23.4 Å². The summed E-state index contributed by atoms with van der Waals surface area (Å²) in [5.74, 6) is 1.57. The first-order chi connectivity index (χ1) is 9.69. The Balaban J connectivity index is 1.95. The maximum atomic E-state index is 6.30. The van der Waals surface area contributed by atoms with E-state index < -0.39 is 0 Å². The number of aromatic nitrogens is 2. The summed E-state index contributed by atoms with van der Waals surface area (Å²) >= 11 is 6.30. The molecule has 1 atom stereocenters. The van der Waals surface area contributed by atoms with E-state index in [-0.39, 0.29) is 0 Å². The molecule has 0 saturated heterocycles. The van der Waals surface area contributed by atoms with E-state index >= 15 is 0 Å². The van der Waals surface area contributed by atoms with E-state index in [1.54, 1.807) is 7.05 Å². The lowest BCUT2D eigenvalue weighted by atomic mass is 9.82. The van der Waals surface area contributed by atoms with E-state index in [1.165, 1.54) is 5.56 Å². The molecule has 0 spiro atoms. The van der Waals surface area contributed by atoms with Crippen molar-refractivity contribution in [2.45, 2.75) is 25.2 Å². The molecule has 0 fully saturated rings. The lowest BCUT2D eigenvalue weighted by Gasteiger charge is -2.26. The van der Waals surface area contributed by atoms with Crippen molar-refractivity contribution in [1.29, 1.82) is 0 Å². The number of nitrogens with two attached hydrogens (primary N) is 1. The minimum Gasteiger partial charge on any atom is -0.383 e. The molecule has 1 aromatic heterocycles. The Bertz CT molecular complexity index is 642. The lowest BCUT2D eigenvalue weighted by Crippen LogP contribution is -2.18. The minimum atomic E-state index is 0.391. The van der Waals surface area contributed by atoms with Crippen molar-refractivity contribution in [2.24, 2.45) is 0 Å². The van der Waals surface area contributed by atoms with Crippen LogP contribution in [0.1, 0.15) is 29.2 Å². The van der Waals surface area contributed by atoms with E-state index in [9.17, 15) is 0 Å². The number of benzene rings is 1. The Morgan fingerprint density at radius 3 is 2.85 bits per heavy atom. The van der Waals surface area contributed by atoms with Gasteiger partial charge in [-0.05, 0) is 36.8 Å². The molecule has 2 aromatic rings. The van der Waals surface area contributed by atoms with Gasteiger partial charge in [-0.2, -0.15) is 4.98 Å². The summed E-state index contributed by atoms with van der Waals surface area (Å²) in [6, 6.07) is 8.02. The van der Waals surface area contributed by atoms with Gasteiger partial charge in [0.25, 0.3) is 0 Å². The molecule has 4 nitrogen and oxygen atoms in total. The third-order valence-electron chi connectivity index (χ3n) is 3.87. The van der Waals surface area contributed by atoms with E-state index in [2.05, 4.69) is 21.4 Å². The van der Waals surface area contributed by atoms with Crippen molar-refractivity contribution in [3.8, 4) is 0 Å². The van der Waals surface area contributed by atoms with Crippen molar-refractivity contribution < 1.29 is 0 Å². The van der Waals surface area contributed by atoms with Crippen LogP contribution in [0.4, 0.5) is 11.8 Å². The average Bonchev–Trinajstić information content (AvgIpc) is 2.47. The van der Waals surface area contributed by atoms with Gasteiger partial charge in [-0.25, -0.2) is 4.98 Å². The SMILES string of the molecule is CNc1nc(N)c2c(n1)CCC(c1ccccc1Cl)C2. The molecule has 1 heterocycles. The van der Waals surface area contributed by atoms with Crippen LogP contribution in [0.5, 0.6) is 0 Å². The zero-order valence-corrected chi connectivity index (χ0v) is 12.1. The smallest absolute Gasteiger partial charge is 0.224 e. The molecule has 20 heavy (non-hydrogen) atoms. The predicted octanol–water partition coefficient (Wildman–Crippen LogP) is 3.03. The van der Waals surface area contributed by atoms with Gasteiger partial charge in [-0.15, -0.1) is 0 Å². The number of hydrogen-bond acceptors (Lipinski definition) is 4. The number of anilines is 2. The topological polar surface area (TPSA) is 63.8 Å². The second kappa shape index (κ2) is 5.29. The first-order valence-corrected chi connectivity index (χ1v) is 7.14. The van der Waals surface area contributed by atoms with Crippen LogP contribution < -0.4 is 11.1 Å². The van der Waals surface area contributed by atoms with Gasteiger partial charge in [0.15, 0.2) is 0 Å². The molecule has 0 aliphatic heterocycles. The first kappa shape index (κ1) is 13.2. The van der Waals surface area contributed by atoms with Gasteiger partial charge in [-0.1, -0.05) is 29.8 Å². The number of aryl methyl sites for hydroxylation is 1. The van der Waals surface area contributed by atoms with Gasteiger partial charge in [0, 0.05) is 17.6 Å². The molecule has 3 N–H and O–H groups in total. The van der Waals surface area contributed by atoms with E-state index in [0.717, 1.165) is 35.5 Å². The molecule has 0 radical (unpaired) electrons. The number of rotatable bonds is 2. The van der Waals surface area contributed by atoms with E-state index in [1.807, 2.05) is 18.2 Å². The van der Waals surface area contributed by atoms with Crippen LogP contribution in [0.15, 0.2) is 24.3 Å². The van der Waals surface area contributed by atoms with Gasteiger partial charge >= 0.3 is 0 Å². The van der Waals surface area contributed by atoms with Crippen molar-refractivity contribution in [2.75, 3.05) is 18.1 Å². The second-order valence-electron chi connectivity index (χ2n) is 5.07. The number of nitrogen functional groups attached to an aromatic ring is 1. The number of nitrogens with one attached hydrogen (secondary N) is 1. The average molecular weight is 289 g/mol. The minimum absolute atomic E-state index is 0.391. The Hall–Kier alpha value is -1.81.